The second-order valence-electron chi connectivity index (χ2n) is 3.79. The van der Waals surface area contributed by atoms with Crippen LogP contribution in [0.4, 0.5) is 5.69 Å². The van der Waals surface area contributed by atoms with Crippen molar-refractivity contribution in [1.82, 2.24) is 14.8 Å². The second kappa shape index (κ2) is 4.87. The number of hydrogen-bond donors (Lipinski definition) is 1. The number of aromatic amines is 1. The number of para-hydroxylation sites is 1. The van der Waals surface area contributed by atoms with E-state index in [0.717, 1.165) is 10.4 Å². The molecule has 0 radical (unpaired) electrons. The molecule has 0 spiro atoms. The summed E-state index contributed by atoms with van der Waals surface area (Å²) in [6, 6.07) is 9.26. The first-order valence-electron chi connectivity index (χ1n) is 5.63. The quantitative estimate of drug-likeness (QED) is 0.869. The summed E-state index contributed by atoms with van der Waals surface area (Å²) >= 11 is 0. The third-order valence-electron chi connectivity index (χ3n) is 2.60. The van der Waals surface area contributed by atoms with Crippen LogP contribution in [0.5, 0.6) is 0 Å². The van der Waals surface area contributed by atoms with Gasteiger partial charge in [-0.2, -0.15) is 0 Å². The summed E-state index contributed by atoms with van der Waals surface area (Å²) in [6.45, 7) is 2.37. The zero-order chi connectivity index (χ0) is 13.1. The smallest absolute Gasteiger partial charge is 0.306 e. The summed E-state index contributed by atoms with van der Waals surface area (Å²) < 4.78 is 1.10. The van der Waals surface area contributed by atoms with Crippen LogP contribution in [0.3, 0.4) is 0 Å². The first kappa shape index (κ1) is 12.1. The second-order valence-corrected chi connectivity index (χ2v) is 3.79. The Hall–Kier alpha value is -2.37. The van der Waals surface area contributed by atoms with Crippen molar-refractivity contribution >= 4 is 11.6 Å². The Morgan fingerprint density at radius 1 is 1.39 bits per heavy atom. The van der Waals surface area contributed by atoms with Crippen LogP contribution >= 0.6 is 0 Å². The lowest BCUT2D eigenvalue weighted by molar-refractivity contribution is 0.0978. The summed E-state index contributed by atoms with van der Waals surface area (Å²) in [6.07, 6.45) is 0. The summed E-state index contributed by atoms with van der Waals surface area (Å²) in [5.74, 6) is -0.269. The van der Waals surface area contributed by atoms with Gasteiger partial charge in [0.15, 0.2) is 0 Å². The van der Waals surface area contributed by atoms with Gasteiger partial charge in [-0.3, -0.25) is 9.78 Å². The maximum atomic E-state index is 12.2. The SMILES string of the molecule is CCN(C(=O)c1nn(C)c(=O)[nH]1)c1ccccc1. The predicted molar refractivity (Wildman–Crippen MR) is 67.6 cm³/mol. The molecule has 1 amide bonds. The van der Waals surface area contributed by atoms with Crippen molar-refractivity contribution in [3.05, 3.63) is 46.6 Å². The maximum Gasteiger partial charge on any atom is 0.343 e. The number of nitrogens with zero attached hydrogens (tertiary/aromatic N) is 3. The predicted octanol–water partition coefficient (Wildman–Crippen LogP) is 0.775. The molecule has 1 aromatic carbocycles. The Bertz CT molecular complexity index is 600. The Morgan fingerprint density at radius 3 is 2.56 bits per heavy atom. The monoisotopic (exact) mass is 246 g/mol. The molecule has 0 fully saturated rings. The van der Waals surface area contributed by atoms with Gasteiger partial charge in [0, 0.05) is 19.3 Å². The maximum absolute atomic E-state index is 12.2. The number of H-pyrrole nitrogens is 1. The van der Waals surface area contributed by atoms with Crippen molar-refractivity contribution in [3.8, 4) is 0 Å². The number of benzene rings is 1. The van der Waals surface area contributed by atoms with Gasteiger partial charge in [-0.05, 0) is 19.1 Å². The molecule has 2 rings (SSSR count). The van der Waals surface area contributed by atoms with E-state index in [9.17, 15) is 9.59 Å². The lowest BCUT2D eigenvalue weighted by Crippen LogP contribution is -2.31. The summed E-state index contributed by atoms with van der Waals surface area (Å²) in [5.41, 5.74) is 0.374. The lowest BCUT2D eigenvalue weighted by atomic mass is 10.3. The molecule has 6 heteroatoms. The van der Waals surface area contributed by atoms with E-state index < -0.39 is 5.69 Å². The summed E-state index contributed by atoms with van der Waals surface area (Å²) in [7, 11) is 1.49. The molecule has 1 aromatic heterocycles. The third-order valence-corrected chi connectivity index (χ3v) is 2.60. The van der Waals surface area contributed by atoms with Crippen molar-refractivity contribution in [2.24, 2.45) is 7.05 Å². The minimum Gasteiger partial charge on any atom is -0.306 e. The molecular weight excluding hydrogens is 232 g/mol. The highest BCUT2D eigenvalue weighted by Crippen LogP contribution is 2.14. The van der Waals surface area contributed by atoms with E-state index >= 15 is 0 Å². The van der Waals surface area contributed by atoms with E-state index in [1.54, 1.807) is 4.90 Å². The van der Waals surface area contributed by atoms with Gasteiger partial charge in [0.2, 0.25) is 5.82 Å². The van der Waals surface area contributed by atoms with Gasteiger partial charge in [-0.25, -0.2) is 9.48 Å². The molecule has 0 unspecified atom stereocenters. The first-order chi connectivity index (χ1) is 8.63. The number of aryl methyl sites for hydroxylation is 1. The fraction of sp³-hybridized carbons (Fsp3) is 0.250. The van der Waals surface area contributed by atoms with Crippen molar-refractivity contribution in [3.63, 3.8) is 0 Å². The minimum atomic E-state index is -0.400. The van der Waals surface area contributed by atoms with Crippen molar-refractivity contribution < 1.29 is 4.79 Å². The number of hydrogen-bond acceptors (Lipinski definition) is 3. The molecule has 0 aliphatic carbocycles. The van der Waals surface area contributed by atoms with E-state index in [1.165, 1.54) is 7.05 Å². The van der Waals surface area contributed by atoms with Crippen molar-refractivity contribution in [2.75, 3.05) is 11.4 Å². The molecule has 0 atom stereocenters. The molecule has 1 heterocycles. The molecule has 0 saturated carbocycles. The third kappa shape index (κ3) is 2.17. The van der Waals surface area contributed by atoms with Crippen LogP contribution in [0.1, 0.15) is 17.5 Å². The molecule has 6 nitrogen and oxygen atoms in total. The van der Waals surface area contributed by atoms with Crippen molar-refractivity contribution in [2.45, 2.75) is 6.92 Å². The number of nitrogens with one attached hydrogen (secondary N) is 1. The molecule has 18 heavy (non-hydrogen) atoms. The highest BCUT2D eigenvalue weighted by molar-refractivity contribution is 6.03. The Balaban J connectivity index is 2.34. The van der Waals surface area contributed by atoms with Gasteiger partial charge in [0.1, 0.15) is 0 Å². The van der Waals surface area contributed by atoms with Crippen LogP contribution in [0.2, 0.25) is 0 Å². The molecular formula is C12H14N4O2. The van der Waals surface area contributed by atoms with Crippen LogP contribution in [0.25, 0.3) is 0 Å². The number of amides is 1. The molecule has 0 bridgehead atoms. The van der Waals surface area contributed by atoms with E-state index in [1.807, 2.05) is 37.3 Å². The number of rotatable bonds is 3. The molecule has 94 valence electrons. The van der Waals surface area contributed by atoms with Crippen LogP contribution in [-0.4, -0.2) is 27.2 Å². The lowest BCUT2D eigenvalue weighted by Gasteiger charge is -2.19. The van der Waals surface area contributed by atoms with E-state index in [2.05, 4.69) is 10.1 Å². The Kier molecular flexibility index (Phi) is 3.27. The van der Waals surface area contributed by atoms with E-state index in [-0.39, 0.29) is 11.7 Å². The number of aromatic nitrogens is 3. The van der Waals surface area contributed by atoms with Gasteiger partial charge in [0.05, 0.1) is 0 Å². The standard InChI is InChI=1S/C12H14N4O2/c1-3-16(9-7-5-4-6-8-9)11(17)10-13-12(18)15(2)14-10/h4-8H,3H2,1-2H3,(H,13,14,18). The molecule has 0 aliphatic heterocycles. The van der Waals surface area contributed by atoms with Crippen LogP contribution < -0.4 is 10.6 Å². The zero-order valence-electron chi connectivity index (χ0n) is 10.3. The first-order valence-corrected chi connectivity index (χ1v) is 5.63. The van der Waals surface area contributed by atoms with E-state index in [0.29, 0.717) is 6.54 Å². The van der Waals surface area contributed by atoms with E-state index in [4.69, 9.17) is 0 Å². The van der Waals surface area contributed by atoms with Gasteiger partial charge in [-0.1, -0.05) is 18.2 Å². The summed E-state index contributed by atoms with van der Waals surface area (Å²) in [4.78, 5) is 27.5. The number of carbonyl (C=O) groups excluding carboxylic acids is 1. The molecule has 2 aromatic rings. The van der Waals surface area contributed by atoms with Gasteiger partial charge in [-0.15, -0.1) is 5.10 Å². The largest absolute Gasteiger partial charge is 0.343 e. The molecule has 0 saturated heterocycles. The van der Waals surface area contributed by atoms with Gasteiger partial charge < -0.3 is 4.90 Å². The fourth-order valence-electron chi connectivity index (χ4n) is 1.68. The minimum absolute atomic E-state index is 0.0493. The average molecular weight is 246 g/mol. The van der Waals surface area contributed by atoms with Gasteiger partial charge in [0.25, 0.3) is 5.91 Å². The zero-order valence-corrected chi connectivity index (χ0v) is 10.3. The van der Waals surface area contributed by atoms with Gasteiger partial charge >= 0.3 is 5.69 Å². The Labute approximate surface area is 104 Å². The van der Waals surface area contributed by atoms with Crippen LogP contribution in [-0.2, 0) is 7.05 Å². The number of anilines is 1. The van der Waals surface area contributed by atoms with Crippen LogP contribution in [0.15, 0.2) is 35.1 Å². The highest BCUT2D eigenvalue weighted by atomic mass is 16.2. The van der Waals surface area contributed by atoms with Crippen LogP contribution in [0, 0.1) is 0 Å². The number of carbonyl (C=O) groups is 1. The van der Waals surface area contributed by atoms with Crippen molar-refractivity contribution in [1.29, 1.82) is 0 Å². The topological polar surface area (TPSA) is 71.0 Å². The molecule has 1 N–H and O–H groups in total. The Morgan fingerprint density at radius 2 is 2.06 bits per heavy atom. The normalized spacial score (nSPS) is 10.3. The molecule has 0 aliphatic rings. The average Bonchev–Trinajstić information content (AvgIpc) is 2.72. The fourth-order valence-corrected chi connectivity index (χ4v) is 1.68. The highest BCUT2D eigenvalue weighted by Gasteiger charge is 2.19. The summed E-state index contributed by atoms with van der Waals surface area (Å²) in [5, 5.41) is 3.86.